The molecule has 1 saturated heterocycles. The second-order valence-corrected chi connectivity index (χ2v) is 4.48. The first-order chi connectivity index (χ1) is 7.19. The summed E-state index contributed by atoms with van der Waals surface area (Å²) >= 11 is 0. The Morgan fingerprint density at radius 1 is 1.20 bits per heavy atom. The van der Waals surface area contributed by atoms with E-state index in [4.69, 9.17) is 0 Å². The van der Waals surface area contributed by atoms with Gasteiger partial charge in [-0.25, -0.2) is 0 Å². The summed E-state index contributed by atoms with van der Waals surface area (Å²) in [6.07, 6.45) is 2.16. The monoisotopic (exact) mass is 212 g/mol. The maximum Gasteiger partial charge on any atom is 0.225 e. The molecular weight excluding hydrogens is 188 g/mol. The minimum atomic E-state index is 0.197. The zero-order valence-electron chi connectivity index (χ0n) is 10.3. The number of carbonyl (C=O) groups is 1. The molecule has 0 radical (unpaired) electrons. The Morgan fingerprint density at radius 2 is 1.80 bits per heavy atom. The molecule has 1 aliphatic rings. The van der Waals surface area contributed by atoms with Gasteiger partial charge in [-0.2, -0.15) is 0 Å². The van der Waals surface area contributed by atoms with Crippen LogP contribution < -0.4 is 0 Å². The van der Waals surface area contributed by atoms with Crippen molar-refractivity contribution in [1.82, 2.24) is 9.80 Å². The molecule has 3 heteroatoms. The summed E-state index contributed by atoms with van der Waals surface area (Å²) in [5.74, 6) is 0.538. The lowest BCUT2D eigenvalue weighted by molar-refractivity contribution is -0.136. The largest absolute Gasteiger partial charge is 0.340 e. The predicted octanol–water partition coefficient (Wildman–Crippen LogP) is 1.59. The van der Waals surface area contributed by atoms with Crippen molar-refractivity contribution in [2.75, 3.05) is 32.7 Å². The molecule has 0 aromatic heterocycles. The first kappa shape index (κ1) is 12.5. The van der Waals surface area contributed by atoms with Crippen LogP contribution in [0.1, 0.15) is 33.6 Å². The first-order valence-electron chi connectivity index (χ1n) is 6.20. The highest BCUT2D eigenvalue weighted by atomic mass is 16.2. The molecule has 0 N–H and O–H groups in total. The second kappa shape index (κ2) is 6.11. The Bertz CT molecular complexity index is 198. The van der Waals surface area contributed by atoms with Gasteiger partial charge in [0.1, 0.15) is 0 Å². The van der Waals surface area contributed by atoms with Crippen molar-refractivity contribution in [3.8, 4) is 0 Å². The number of rotatable bonds is 4. The van der Waals surface area contributed by atoms with Crippen LogP contribution in [-0.2, 0) is 4.79 Å². The van der Waals surface area contributed by atoms with Crippen molar-refractivity contribution < 1.29 is 4.79 Å². The maximum absolute atomic E-state index is 11.9. The number of carbonyl (C=O) groups excluding carboxylic acids is 1. The van der Waals surface area contributed by atoms with E-state index in [1.807, 2.05) is 11.8 Å². The van der Waals surface area contributed by atoms with Crippen molar-refractivity contribution in [3.05, 3.63) is 0 Å². The van der Waals surface area contributed by atoms with Gasteiger partial charge in [0.25, 0.3) is 0 Å². The van der Waals surface area contributed by atoms with E-state index < -0.39 is 0 Å². The minimum absolute atomic E-state index is 0.197. The lowest BCUT2D eigenvalue weighted by Crippen LogP contribution is -2.50. The van der Waals surface area contributed by atoms with Crippen LogP contribution in [0.2, 0.25) is 0 Å². The molecule has 1 atom stereocenters. The Kier molecular flexibility index (Phi) is 5.09. The second-order valence-electron chi connectivity index (χ2n) is 4.48. The Labute approximate surface area is 93.4 Å². The van der Waals surface area contributed by atoms with Crippen molar-refractivity contribution in [3.63, 3.8) is 0 Å². The van der Waals surface area contributed by atoms with E-state index in [-0.39, 0.29) is 5.92 Å². The summed E-state index contributed by atoms with van der Waals surface area (Å²) in [6.45, 7) is 11.4. The molecule has 15 heavy (non-hydrogen) atoms. The summed E-state index contributed by atoms with van der Waals surface area (Å²) in [5, 5.41) is 0. The zero-order chi connectivity index (χ0) is 11.3. The van der Waals surface area contributed by atoms with Crippen LogP contribution in [0.5, 0.6) is 0 Å². The highest BCUT2D eigenvalue weighted by Gasteiger charge is 2.23. The topological polar surface area (TPSA) is 23.6 Å². The van der Waals surface area contributed by atoms with Crippen LogP contribution in [0.4, 0.5) is 0 Å². The average Bonchev–Trinajstić information content (AvgIpc) is 2.28. The zero-order valence-corrected chi connectivity index (χ0v) is 10.3. The normalized spacial score (nSPS) is 20.3. The standard InChI is InChI=1S/C12H24N2O/c1-4-6-13-7-9-14(10-8-13)12(15)11(3)5-2/h11H,4-10H2,1-3H3. The van der Waals surface area contributed by atoms with Gasteiger partial charge in [-0.1, -0.05) is 20.8 Å². The first-order valence-corrected chi connectivity index (χ1v) is 6.20. The molecule has 0 spiro atoms. The minimum Gasteiger partial charge on any atom is -0.340 e. The van der Waals surface area contributed by atoms with Gasteiger partial charge in [-0.05, 0) is 19.4 Å². The summed E-state index contributed by atoms with van der Waals surface area (Å²) in [5.41, 5.74) is 0. The number of hydrogen-bond acceptors (Lipinski definition) is 2. The average molecular weight is 212 g/mol. The van der Waals surface area contributed by atoms with Crippen LogP contribution in [-0.4, -0.2) is 48.4 Å². The fraction of sp³-hybridized carbons (Fsp3) is 0.917. The van der Waals surface area contributed by atoms with Crippen molar-refractivity contribution in [2.45, 2.75) is 33.6 Å². The molecule has 88 valence electrons. The quantitative estimate of drug-likeness (QED) is 0.706. The van der Waals surface area contributed by atoms with E-state index in [1.54, 1.807) is 0 Å². The van der Waals surface area contributed by atoms with E-state index in [2.05, 4.69) is 18.7 Å². The molecule has 1 rings (SSSR count). The Balaban J connectivity index is 2.33. The number of nitrogens with zero attached hydrogens (tertiary/aromatic N) is 2. The molecule has 3 nitrogen and oxygen atoms in total. The molecule has 1 amide bonds. The van der Waals surface area contributed by atoms with E-state index in [9.17, 15) is 4.79 Å². The lowest BCUT2D eigenvalue weighted by atomic mass is 10.1. The fourth-order valence-electron chi connectivity index (χ4n) is 1.99. The molecule has 1 heterocycles. The third-order valence-corrected chi connectivity index (χ3v) is 3.26. The summed E-state index contributed by atoms with van der Waals surface area (Å²) in [4.78, 5) is 16.4. The molecule has 1 aliphatic heterocycles. The lowest BCUT2D eigenvalue weighted by Gasteiger charge is -2.35. The summed E-state index contributed by atoms with van der Waals surface area (Å²) in [6, 6.07) is 0. The maximum atomic E-state index is 11.9. The molecule has 0 aromatic rings. The van der Waals surface area contributed by atoms with E-state index in [1.165, 1.54) is 13.0 Å². The third kappa shape index (κ3) is 3.49. The van der Waals surface area contributed by atoms with Gasteiger partial charge in [0.05, 0.1) is 0 Å². The van der Waals surface area contributed by atoms with Crippen LogP contribution in [0.25, 0.3) is 0 Å². The predicted molar refractivity (Wildman–Crippen MR) is 62.8 cm³/mol. The number of piperazine rings is 1. The molecule has 0 bridgehead atoms. The van der Waals surface area contributed by atoms with Crippen molar-refractivity contribution >= 4 is 5.91 Å². The van der Waals surface area contributed by atoms with Crippen LogP contribution >= 0.6 is 0 Å². The van der Waals surface area contributed by atoms with Gasteiger partial charge in [-0.15, -0.1) is 0 Å². The summed E-state index contributed by atoms with van der Waals surface area (Å²) in [7, 11) is 0. The molecule has 1 unspecified atom stereocenters. The molecule has 0 saturated carbocycles. The summed E-state index contributed by atoms with van der Waals surface area (Å²) < 4.78 is 0. The van der Waals surface area contributed by atoms with Gasteiger partial charge >= 0.3 is 0 Å². The van der Waals surface area contributed by atoms with Gasteiger partial charge < -0.3 is 4.90 Å². The van der Waals surface area contributed by atoms with E-state index in [0.717, 1.165) is 32.6 Å². The SMILES string of the molecule is CCCN1CCN(C(=O)C(C)CC)CC1. The Morgan fingerprint density at radius 3 is 2.27 bits per heavy atom. The van der Waals surface area contributed by atoms with Crippen LogP contribution in [0.3, 0.4) is 0 Å². The molecule has 0 aromatic carbocycles. The van der Waals surface area contributed by atoms with Crippen LogP contribution in [0, 0.1) is 5.92 Å². The van der Waals surface area contributed by atoms with Crippen molar-refractivity contribution in [2.24, 2.45) is 5.92 Å². The third-order valence-electron chi connectivity index (χ3n) is 3.26. The van der Waals surface area contributed by atoms with Gasteiger partial charge in [-0.3, -0.25) is 9.69 Å². The highest BCUT2D eigenvalue weighted by Crippen LogP contribution is 2.10. The number of amides is 1. The van der Waals surface area contributed by atoms with Crippen molar-refractivity contribution in [1.29, 1.82) is 0 Å². The van der Waals surface area contributed by atoms with Crippen LogP contribution in [0.15, 0.2) is 0 Å². The number of hydrogen-bond donors (Lipinski definition) is 0. The molecular formula is C12H24N2O. The van der Waals surface area contributed by atoms with E-state index in [0.29, 0.717) is 5.91 Å². The fourth-order valence-corrected chi connectivity index (χ4v) is 1.99. The Hall–Kier alpha value is -0.570. The van der Waals surface area contributed by atoms with E-state index >= 15 is 0 Å². The van der Waals surface area contributed by atoms with Gasteiger partial charge in [0, 0.05) is 32.1 Å². The van der Waals surface area contributed by atoms with Gasteiger partial charge in [0.2, 0.25) is 5.91 Å². The van der Waals surface area contributed by atoms with Gasteiger partial charge in [0.15, 0.2) is 0 Å². The highest BCUT2D eigenvalue weighted by molar-refractivity contribution is 5.78. The smallest absolute Gasteiger partial charge is 0.225 e. The molecule has 0 aliphatic carbocycles. The molecule has 1 fully saturated rings.